The van der Waals surface area contributed by atoms with Crippen molar-refractivity contribution in [1.29, 1.82) is 0 Å². The van der Waals surface area contributed by atoms with Crippen LogP contribution < -0.4 is 0 Å². The predicted molar refractivity (Wildman–Crippen MR) is 131 cm³/mol. The maximum Gasteiger partial charge on any atom is 0.312 e. The van der Waals surface area contributed by atoms with E-state index < -0.39 is 0 Å². The fourth-order valence-electron chi connectivity index (χ4n) is 7.68. The fraction of sp³-hybridized carbons (Fsp3) is 0.966. The van der Waals surface area contributed by atoms with E-state index in [4.69, 9.17) is 4.74 Å². The zero-order valence-corrected chi connectivity index (χ0v) is 21.0. The molecule has 180 valence electrons. The normalized spacial score (nSPS) is 29.5. The third-order valence-electron chi connectivity index (χ3n) is 9.66. The average molecular weight is 433 g/mol. The first-order chi connectivity index (χ1) is 15.2. The monoisotopic (exact) mass is 432 g/mol. The molecular weight excluding hydrogens is 380 g/mol. The van der Waals surface area contributed by atoms with E-state index in [1.807, 2.05) is 0 Å². The van der Waals surface area contributed by atoms with Crippen LogP contribution >= 0.6 is 0 Å². The summed E-state index contributed by atoms with van der Waals surface area (Å²) in [7, 11) is 0. The van der Waals surface area contributed by atoms with Crippen LogP contribution in [-0.4, -0.2) is 12.6 Å². The second kappa shape index (κ2) is 12.6. The van der Waals surface area contributed by atoms with Gasteiger partial charge in [-0.1, -0.05) is 97.3 Å². The Morgan fingerprint density at radius 2 is 1.32 bits per heavy atom. The van der Waals surface area contributed by atoms with E-state index in [-0.39, 0.29) is 16.8 Å². The summed E-state index contributed by atoms with van der Waals surface area (Å²) in [5, 5.41) is 0. The first-order valence-electron chi connectivity index (χ1n) is 14.3. The van der Waals surface area contributed by atoms with Crippen LogP contribution in [0.4, 0.5) is 0 Å². The molecule has 0 N–H and O–H groups in total. The molecule has 0 heterocycles. The van der Waals surface area contributed by atoms with E-state index in [0.717, 1.165) is 37.5 Å². The van der Waals surface area contributed by atoms with E-state index in [2.05, 4.69) is 13.8 Å². The molecule has 0 spiro atoms. The van der Waals surface area contributed by atoms with E-state index in [0.29, 0.717) is 6.61 Å². The van der Waals surface area contributed by atoms with Gasteiger partial charge < -0.3 is 4.74 Å². The smallest absolute Gasteiger partial charge is 0.312 e. The summed E-state index contributed by atoms with van der Waals surface area (Å²) in [4.78, 5) is 13.7. The molecule has 0 atom stereocenters. The highest BCUT2D eigenvalue weighted by Gasteiger charge is 2.57. The SMILES string of the molecule is CCCCCCC1(C2(C(=O)OCCCC)CCCCC2)CCC(C2CCCCC2)CC1. The zero-order chi connectivity index (χ0) is 22.0. The van der Waals surface area contributed by atoms with E-state index in [1.165, 1.54) is 109 Å². The molecule has 0 bridgehead atoms. The topological polar surface area (TPSA) is 26.3 Å². The van der Waals surface area contributed by atoms with E-state index in [9.17, 15) is 4.79 Å². The number of ether oxygens (including phenoxy) is 1. The highest BCUT2D eigenvalue weighted by molar-refractivity contribution is 5.78. The molecule has 0 aliphatic heterocycles. The fourth-order valence-corrected chi connectivity index (χ4v) is 7.68. The molecule has 0 aromatic rings. The summed E-state index contributed by atoms with van der Waals surface area (Å²) in [6.45, 7) is 5.12. The number of unbranched alkanes of at least 4 members (excludes halogenated alkanes) is 4. The molecule has 0 radical (unpaired) electrons. The molecule has 3 rings (SSSR count). The number of hydrogen-bond acceptors (Lipinski definition) is 2. The Hall–Kier alpha value is -0.530. The van der Waals surface area contributed by atoms with Gasteiger partial charge in [0.2, 0.25) is 0 Å². The Kier molecular flexibility index (Phi) is 10.2. The Labute approximate surface area is 193 Å². The summed E-state index contributed by atoms with van der Waals surface area (Å²) in [5.74, 6) is 2.11. The summed E-state index contributed by atoms with van der Waals surface area (Å²) < 4.78 is 6.04. The summed E-state index contributed by atoms with van der Waals surface area (Å²) in [6, 6.07) is 0. The molecule has 0 amide bonds. The van der Waals surface area contributed by atoms with Crippen molar-refractivity contribution in [1.82, 2.24) is 0 Å². The van der Waals surface area contributed by atoms with Crippen LogP contribution in [0.2, 0.25) is 0 Å². The minimum absolute atomic E-state index is 0.178. The van der Waals surface area contributed by atoms with Crippen LogP contribution in [0.15, 0.2) is 0 Å². The number of hydrogen-bond donors (Lipinski definition) is 0. The standard InChI is InChI=1S/C29H52O2/c1-3-5-7-12-19-28(22-17-26(18-23-28)25-15-10-8-11-16-25)29(20-13-9-14-21-29)27(30)31-24-6-4-2/h25-26H,3-24H2,1-2H3. The Balaban J connectivity index is 1.77. The van der Waals surface area contributed by atoms with Crippen LogP contribution in [0.25, 0.3) is 0 Å². The molecule has 2 heteroatoms. The van der Waals surface area contributed by atoms with Crippen LogP contribution in [0.1, 0.15) is 149 Å². The van der Waals surface area contributed by atoms with Crippen molar-refractivity contribution in [3.05, 3.63) is 0 Å². The van der Waals surface area contributed by atoms with Gasteiger partial charge in [0.25, 0.3) is 0 Å². The van der Waals surface area contributed by atoms with Crippen molar-refractivity contribution in [2.75, 3.05) is 6.61 Å². The van der Waals surface area contributed by atoms with Crippen LogP contribution in [-0.2, 0) is 9.53 Å². The molecule has 0 unspecified atom stereocenters. The third-order valence-corrected chi connectivity index (χ3v) is 9.66. The van der Waals surface area contributed by atoms with Gasteiger partial charge in [-0.3, -0.25) is 4.79 Å². The van der Waals surface area contributed by atoms with Crippen molar-refractivity contribution in [3.63, 3.8) is 0 Å². The minimum atomic E-state index is -0.178. The Morgan fingerprint density at radius 3 is 1.97 bits per heavy atom. The number of carbonyl (C=O) groups is 1. The van der Waals surface area contributed by atoms with Gasteiger partial charge in [-0.15, -0.1) is 0 Å². The van der Waals surface area contributed by atoms with Gasteiger partial charge in [-0.05, 0) is 68.6 Å². The molecule has 3 aliphatic carbocycles. The molecule has 0 aromatic heterocycles. The van der Waals surface area contributed by atoms with Crippen molar-refractivity contribution >= 4 is 5.97 Å². The molecule has 31 heavy (non-hydrogen) atoms. The maximum atomic E-state index is 13.7. The molecule has 3 aliphatic rings. The van der Waals surface area contributed by atoms with E-state index >= 15 is 0 Å². The lowest BCUT2D eigenvalue weighted by molar-refractivity contribution is -0.175. The second-order valence-corrected chi connectivity index (χ2v) is 11.5. The van der Waals surface area contributed by atoms with Crippen LogP contribution in [0.3, 0.4) is 0 Å². The van der Waals surface area contributed by atoms with Crippen molar-refractivity contribution in [2.24, 2.45) is 22.7 Å². The molecular formula is C29H52O2. The van der Waals surface area contributed by atoms with Gasteiger partial charge in [0.15, 0.2) is 0 Å². The minimum Gasteiger partial charge on any atom is -0.465 e. The molecule has 3 fully saturated rings. The van der Waals surface area contributed by atoms with Crippen molar-refractivity contribution in [2.45, 2.75) is 149 Å². The van der Waals surface area contributed by atoms with Crippen molar-refractivity contribution in [3.8, 4) is 0 Å². The van der Waals surface area contributed by atoms with Gasteiger partial charge in [0.05, 0.1) is 12.0 Å². The third kappa shape index (κ3) is 6.08. The lowest BCUT2D eigenvalue weighted by Crippen LogP contribution is -2.52. The van der Waals surface area contributed by atoms with Crippen LogP contribution in [0, 0.1) is 22.7 Å². The average Bonchev–Trinajstić information content (AvgIpc) is 2.83. The molecule has 2 nitrogen and oxygen atoms in total. The number of carbonyl (C=O) groups excluding carboxylic acids is 1. The zero-order valence-electron chi connectivity index (χ0n) is 21.0. The quantitative estimate of drug-likeness (QED) is 0.240. The summed E-state index contributed by atoms with van der Waals surface area (Å²) in [5.41, 5.74) is 0.0400. The number of rotatable bonds is 11. The summed E-state index contributed by atoms with van der Waals surface area (Å²) >= 11 is 0. The largest absolute Gasteiger partial charge is 0.465 e. The summed E-state index contributed by atoms with van der Waals surface area (Å²) in [6.07, 6.45) is 27.3. The van der Waals surface area contributed by atoms with Gasteiger partial charge in [0.1, 0.15) is 0 Å². The Bertz CT molecular complexity index is 505. The van der Waals surface area contributed by atoms with Gasteiger partial charge in [0, 0.05) is 0 Å². The Morgan fingerprint density at radius 1 is 0.710 bits per heavy atom. The highest BCUT2D eigenvalue weighted by atomic mass is 16.5. The second-order valence-electron chi connectivity index (χ2n) is 11.5. The predicted octanol–water partition coefficient (Wildman–Crippen LogP) is 9.01. The van der Waals surface area contributed by atoms with Gasteiger partial charge in [-0.25, -0.2) is 0 Å². The van der Waals surface area contributed by atoms with Gasteiger partial charge >= 0.3 is 5.97 Å². The molecule has 3 saturated carbocycles. The lowest BCUT2D eigenvalue weighted by atomic mass is 9.49. The lowest BCUT2D eigenvalue weighted by Gasteiger charge is -2.55. The van der Waals surface area contributed by atoms with Crippen LogP contribution in [0.5, 0.6) is 0 Å². The number of esters is 1. The molecule has 0 saturated heterocycles. The first-order valence-corrected chi connectivity index (χ1v) is 14.3. The van der Waals surface area contributed by atoms with Crippen molar-refractivity contribution < 1.29 is 9.53 Å². The van der Waals surface area contributed by atoms with E-state index in [1.54, 1.807) is 0 Å². The molecule has 0 aromatic carbocycles. The highest BCUT2D eigenvalue weighted by Crippen LogP contribution is 2.61. The van der Waals surface area contributed by atoms with Gasteiger partial charge in [-0.2, -0.15) is 0 Å². The first kappa shape index (κ1) is 25.1. The maximum absolute atomic E-state index is 13.7.